The molecule has 0 aliphatic rings. The van der Waals surface area contributed by atoms with E-state index in [1.54, 1.807) is 41.5 Å². The lowest BCUT2D eigenvalue weighted by Gasteiger charge is -2.24. The summed E-state index contributed by atoms with van der Waals surface area (Å²) in [6.45, 7) is 11.3. The molecule has 0 aromatic heterocycles. The van der Waals surface area contributed by atoms with E-state index in [2.05, 4.69) is 0 Å². The Hall–Kier alpha value is -2.51. The zero-order valence-corrected chi connectivity index (χ0v) is 14.9. The van der Waals surface area contributed by atoms with Gasteiger partial charge in [-0.2, -0.15) is 0 Å². The van der Waals surface area contributed by atoms with Gasteiger partial charge >= 0.3 is 11.7 Å². The third-order valence-corrected chi connectivity index (χ3v) is 3.47. The molecule has 1 aromatic carbocycles. The van der Waals surface area contributed by atoms with E-state index in [9.17, 15) is 25.0 Å². The standard InChI is InChI=1S/C16H22N2O6/c1-9-11(17(20)21)8-10(15(2,3)4)13(12(9)18(22)23)24-14(19)16(5,6)7/h8H,1-7H3. The molecule has 0 bridgehead atoms. The fourth-order valence-corrected chi connectivity index (χ4v) is 2.05. The van der Waals surface area contributed by atoms with Crippen LogP contribution in [0.25, 0.3) is 0 Å². The smallest absolute Gasteiger partial charge is 0.321 e. The molecule has 0 spiro atoms. The average Bonchev–Trinajstić information content (AvgIpc) is 2.34. The molecule has 0 aliphatic heterocycles. The Morgan fingerprint density at radius 1 is 1.04 bits per heavy atom. The fraction of sp³-hybridized carbons (Fsp3) is 0.562. The molecular formula is C16H22N2O6. The van der Waals surface area contributed by atoms with Crippen LogP contribution in [0.5, 0.6) is 5.75 Å². The molecule has 0 saturated heterocycles. The molecular weight excluding hydrogens is 316 g/mol. The Labute approximate surface area is 140 Å². The lowest BCUT2D eigenvalue weighted by atomic mass is 9.84. The topological polar surface area (TPSA) is 113 Å². The van der Waals surface area contributed by atoms with E-state index in [-0.39, 0.29) is 22.6 Å². The van der Waals surface area contributed by atoms with Crippen molar-refractivity contribution in [1.82, 2.24) is 0 Å². The van der Waals surface area contributed by atoms with Gasteiger partial charge in [-0.05, 0) is 33.1 Å². The molecule has 0 unspecified atom stereocenters. The quantitative estimate of drug-likeness (QED) is 0.355. The number of nitro benzene ring substituents is 2. The highest BCUT2D eigenvalue weighted by Crippen LogP contribution is 2.45. The van der Waals surface area contributed by atoms with Gasteiger partial charge < -0.3 is 4.74 Å². The number of nitro groups is 2. The van der Waals surface area contributed by atoms with Crippen molar-refractivity contribution < 1.29 is 19.4 Å². The molecule has 0 fully saturated rings. The lowest BCUT2D eigenvalue weighted by molar-refractivity contribution is -0.395. The van der Waals surface area contributed by atoms with E-state index < -0.39 is 32.3 Å². The van der Waals surface area contributed by atoms with E-state index >= 15 is 0 Å². The van der Waals surface area contributed by atoms with Crippen LogP contribution in [0.2, 0.25) is 0 Å². The number of carbonyl (C=O) groups excluding carboxylic acids is 1. The van der Waals surface area contributed by atoms with Gasteiger partial charge in [0.2, 0.25) is 5.75 Å². The van der Waals surface area contributed by atoms with Crippen LogP contribution in [0.15, 0.2) is 6.07 Å². The summed E-state index contributed by atoms with van der Waals surface area (Å²) >= 11 is 0. The Kier molecular flexibility index (Phi) is 5.03. The van der Waals surface area contributed by atoms with Gasteiger partial charge in [0.05, 0.1) is 15.3 Å². The van der Waals surface area contributed by atoms with Crippen LogP contribution in [0, 0.1) is 32.6 Å². The van der Waals surface area contributed by atoms with Gasteiger partial charge in [0.15, 0.2) is 0 Å². The molecule has 0 heterocycles. The second-order valence-electron chi connectivity index (χ2n) is 7.65. The number of ether oxygens (including phenoxy) is 1. The minimum atomic E-state index is -0.876. The Morgan fingerprint density at radius 3 is 1.88 bits per heavy atom. The van der Waals surface area contributed by atoms with Crippen molar-refractivity contribution in [3.8, 4) is 5.75 Å². The maximum Gasteiger partial charge on any atom is 0.321 e. The summed E-state index contributed by atoms with van der Waals surface area (Å²) in [5, 5.41) is 22.8. The minimum absolute atomic E-state index is 0.144. The highest BCUT2D eigenvalue weighted by atomic mass is 16.6. The Morgan fingerprint density at radius 2 is 1.54 bits per heavy atom. The van der Waals surface area contributed by atoms with Crippen molar-refractivity contribution in [3.05, 3.63) is 37.4 Å². The molecule has 1 aromatic rings. The van der Waals surface area contributed by atoms with Crippen LogP contribution in [0.4, 0.5) is 11.4 Å². The van der Waals surface area contributed by atoms with Crippen LogP contribution in [-0.4, -0.2) is 15.8 Å². The van der Waals surface area contributed by atoms with Gasteiger partial charge in [-0.25, -0.2) is 0 Å². The SMILES string of the molecule is Cc1c([N+](=O)[O-])cc(C(C)(C)C)c(OC(=O)C(C)(C)C)c1[N+](=O)[O-]. The first-order chi connectivity index (χ1) is 10.7. The maximum absolute atomic E-state index is 12.2. The van der Waals surface area contributed by atoms with Crippen molar-refractivity contribution in [2.75, 3.05) is 0 Å². The van der Waals surface area contributed by atoms with E-state index in [0.717, 1.165) is 0 Å². The van der Waals surface area contributed by atoms with Gasteiger partial charge in [-0.1, -0.05) is 20.8 Å². The Balaban J connectivity index is 3.83. The minimum Gasteiger partial charge on any atom is -0.418 e. The average molecular weight is 338 g/mol. The van der Waals surface area contributed by atoms with Gasteiger partial charge in [-0.3, -0.25) is 25.0 Å². The summed E-state index contributed by atoms with van der Waals surface area (Å²) in [4.78, 5) is 33.6. The molecule has 0 aliphatic carbocycles. The molecule has 132 valence electrons. The zero-order valence-electron chi connectivity index (χ0n) is 14.9. The third kappa shape index (κ3) is 3.87. The highest BCUT2D eigenvalue weighted by Gasteiger charge is 2.37. The summed E-state index contributed by atoms with van der Waals surface area (Å²) in [5.74, 6) is -0.875. The van der Waals surface area contributed by atoms with Crippen LogP contribution in [-0.2, 0) is 10.2 Å². The third-order valence-electron chi connectivity index (χ3n) is 3.47. The molecule has 1 rings (SSSR count). The van der Waals surface area contributed by atoms with E-state index in [4.69, 9.17) is 4.74 Å². The van der Waals surface area contributed by atoms with Crippen LogP contribution in [0.3, 0.4) is 0 Å². The second-order valence-corrected chi connectivity index (χ2v) is 7.65. The summed E-state index contributed by atoms with van der Waals surface area (Å²) in [7, 11) is 0. The van der Waals surface area contributed by atoms with Crippen LogP contribution >= 0.6 is 0 Å². The largest absolute Gasteiger partial charge is 0.418 e. The first kappa shape index (κ1) is 19.5. The maximum atomic E-state index is 12.2. The molecule has 8 heteroatoms. The monoisotopic (exact) mass is 338 g/mol. The summed E-state index contributed by atoms with van der Waals surface area (Å²) in [6.07, 6.45) is 0. The van der Waals surface area contributed by atoms with Gasteiger partial charge in [0, 0.05) is 11.6 Å². The van der Waals surface area contributed by atoms with Crippen LogP contribution in [0.1, 0.15) is 52.7 Å². The molecule has 0 N–H and O–H groups in total. The van der Waals surface area contributed by atoms with Gasteiger partial charge in [0.25, 0.3) is 5.69 Å². The molecule has 0 radical (unpaired) electrons. The summed E-state index contributed by atoms with van der Waals surface area (Å²) in [6, 6.07) is 1.24. The second kappa shape index (κ2) is 6.18. The number of rotatable bonds is 3. The lowest BCUT2D eigenvalue weighted by Crippen LogP contribution is -2.27. The fourth-order valence-electron chi connectivity index (χ4n) is 2.05. The number of nitrogens with zero attached hydrogens (tertiary/aromatic N) is 2. The summed E-state index contributed by atoms with van der Waals surface area (Å²) < 4.78 is 5.34. The van der Waals surface area contributed by atoms with Crippen molar-refractivity contribution >= 4 is 17.3 Å². The molecule has 24 heavy (non-hydrogen) atoms. The molecule has 0 atom stereocenters. The first-order valence-electron chi connectivity index (χ1n) is 7.37. The molecule has 0 amide bonds. The number of carbonyl (C=O) groups is 1. The van der Waals surface area contributed by atoms with Crippen molar-refractivity contribution in [3.63, 3.8) is 0 Å². The van der Waals surface area contributed by atoms with Crippen molar-refractivity contribution in [1.29, 1.82) is 0 Å². The van der Waals surface area contributed by atoms with Crippen molar-refractivity contribution in [2.45, 2.75) is 53.9 Å². The van der Waals surface area contributed by atoms with Crippen molar-refractivity contribution in [2.24, 2.45) is 5.41 Å². The number of hydrogen-bond acceptors (Lipinski definition) is 6. The predicted molar refractivity (Wildman–Crippen MR) is 88.3 cm³/mol. The predicted octanol–water partition coefficient (Wildman–Crippen LogP) is 4.06. The van der Waals surface area contributed by atoms with Gasteiger partial charge in [0.1, 0.15) is 5.56 Å². The van der Waals surface area contributed by atoms with E-state index in [0.29, 0.717) is 0 Å². The normalized spacial score (nSPS) is 12.0. The molecule has 0 saturated carbocycles. The van der Waals surface area contributed by atoms with E-state index in [1.165, 1.54) is 13.0 Å². The molecule has 8 nitrogen and oxygen atoms in total. The Bertz CT molecular complexity index is 711. The first-order valence-corrected chi connectivity index (χ1v) is 7.37. The number of hydrogen-bond donors (Lipinski definition) is 0. The number of esters is 1. The van der Waals surface area contributed by atoms with Crippen LogP contribution < -0.4 is 4.74 Å². The summed E-state index contributed by atoms with van der Waals surface area (Å²) in [5.41, 5.74) is -2.40. The van der Waals surface area contributed by atoms with Gasteiger partial charge in [-0.15, -0.1) is 0 Å². The number of benzene rings is 1. The van der Waals surface area contributed by atoms with E-state index in [1.807, 2.05) is 0 Å². The highest BCUT2D eigenvalue weighted by molar-refractivity contribution is 5.81. The zero-order chi connectivity index (χ0) is 19.0.